The Labute approximate surface area is 95.9 Å². The van der Waals surface area contributed by atoms with Gasteiger partial charge in [-0.25, -0.2) is 4.98 Å². The zero-order chi connectivity index (χ0) is 10.4. The maximum atomic E-state index is 9.68. The quantitative estimate of drug-likeness (QED) is 0.861. The van der Waals surface area contributed by atoms with Crippen molar-refractivity contribution >= 4 is 27.0 Å². The molecule has 0 bridgehead atoms. The molecule has 0 spiro atoms. The lowest BCUT2D eigenvalue weighted by atomic mass is 9.93. The van der Waals surface area contributed by atoms with Crippen LogP contribution >= 0.6 is 15.9 Å². The minimum atomic E-state index is 0.256. The fourth-order valence-electron chi connectivity index (χ4n) is 2.07. The second kappa shape index (κ2) is 3.23. The summed E-state index contributed by atoms with van der Waals surface area (Å²) in [5.41, 5.74) is 1.71. The molecule has 1 aromatic heterocycles. The molecule has 1 aliphatic carbocycles. The van der Waals surface area contributed by atoms with Crippen molar-refractivity contribution in [1.82, 2.24) is 9.55 Å². The second-order valence-corrected chi connectivity index (χ2v) is 4.69. The molecule has 1 aromatic carbocycles. The Morgan fingerprint density at radius 1 is 1.40 bits per heavy atom. The van der Waals surface area contributed by atoms with Gasteiger partial charge in [-0.2, -0.15) is 0 Å². The van der Waals surface area contributed by atoms with Crippen LogP contribution in [-0.4, -0.2) is 14.7 Å². The molecule has 0 amide bonds. The molecule has 3 nitrogen and oxygen atoms in total. The highest BCUT2D eigenvalue weighted by atomic mass is 79.9. The molecule has 3 rings (SSSR count). The lowest BCUT2D eigenvalue weighted by Gasteiger charge is -2.28. The lowest BCUT2D eigenvalue weighted by Crippen LogP contribution is -2.16. The van der Waals surface area contributed by atoms with Crippen LogP contribution in [0, 0.1) is 0 Å². The first-order valence-electron chi connectivity index (χ1n) is 5.13. The Balaban J connectivity index is 2.27. The Hall–Kier alpha value is -1.03. The van der Waals surface area contributed by atoms with Crippen LogP contribution in [0.15, 0.2) is 22.9 Å². The highest BCUT2D eigenvalue weighted by Crippen LogP contribution is 2.38. The first kappa shape index (κ1) is 9.21. The van der Waals surface area contributed by atoms with Crippen molar-refractivity contribution in [2.75, 3.05) is 0 Å². The van der Waals surface area contributed by atoms with E-state index in [0.717, 1.165) is 10.3 Å². The van der Waals surface area contributed by atoms with E-state index in [9.17, 15) is 5.11 Å². The number of aromatic hydroxyl groups is 1. The molecule has 2 aromatic rings. The Morgan fingerprint density at radius 3 is 2.87 bits per heavy atom. The van der Waals surface area contributed by atoms with Crippen LogP contribution < -0.4 is 0 Å². The van der Waals surface area contributed by atoms with E-state index in [4.69, 9.17) is 0 Å². The number of phenolic OH excluding ortho intramolecular Hbond substituents is 1. The van der Waals surface area contributed by atoms with Crippen LogP contribution in [0.4, 0.5) is 0 Å². The fraction of sp³-hybridized carbons (Fsp3) is 0.364. The molecule has 0 radical (unpaired) electrons. The van der Waals surface area contributed by atoms with E-state index in [1.165, 1.54) is 19.3 Å². The van der Waals surface area contributed by atoms with E-state index in [-0.39, 0.29) is 5.75 Å². The van der Waals surface area contributed by atoms with E-state index in [0.29, 0.717) is 11.6 Å². The molecular formula is C11H11BrN2O. The molecule has 0 atom stereocenters. The normalized spacial score (nSPS) is 16.9. The molecule has 1 aliphatic rings. The predicted octanol–water partition coefficient (Wildman–Crippen LogP) is 3.23. The number of halogens is 1. The molecule has 78 valence electrons. The number of hydrogen-bond acceptors (Lipinski definition) is 2. The maximum absolute atomic E-state index is 9.68. The molecular weight excluding hydrogens is 256 g/mol. The van der Waals surface area contributed by atoms with Gasteiger partial charge in [-0.3, -0.25) is 0 Å². The number of phenols is 1. The number of imidazole rings is 1. The summed E-state index contributed by atoms with van der Waals surface area (Å²) in [5, 5.41) is 9.68. The van der Waals surface area contributed by atoms with E-state index in [1.54, 1.807) is 6.07 Å². The van der Waals surface area contributed by atoms with Crippen LogP contribution in [-0.2, 0) is 0 Å². The minimum Gasteiger partial charge on any atom is -0.506 e. The van der Waals surface area contributed by atoms with Gasteiger partial charge in [0.25, 0.3) is 0 Å². The average Bonchev–Trinajstić information content (AvgIpc) is 2.44. The number of benzene rings is 1. The van der Waals surface area contributed by atoms with Crippen LogP contribution in [0.1, 0.15) is 25.3 Å². The second-order valence-electron chi connectivity index (χ2n) is 3.98. The zero-order valence-electron chi connectivity index (χ0n) is 8.15. The number of rotatable bonds is 1. The highest BCUT2D eigenvalue weighted by molar-refractivity contribution is 9.10. The monoisotopic (exact) mass is 266 g/mol. The van der Waals surface area contributed by atoms with Crippen LogP contribution in [0.2, 0.25) is 0 Å². The van der Waals surface area contributed by atoms with Crippen molar-refractivity contribution < 1.29 is 5.11 Å². The summed E-state index contributed by atoms with van der Waals surface area (Å²) < 4.78 is 3.00. The van der Waals surface area contributed by atoms with Crippen molar-refractivity contribution in [1.29, 1.82) is 0 Å². The molecule has 0 saturated heterocycles. The molecule has 1 heterocycles. The van der Waals surface area contributed by atoms with Crippen LogP contribution in [0.5, 0.6) is 5.75 Å². The van der Waals surface area contributed by atoms with Crippen molar-refractivity contribution in [3.63, 3.8) is 0 Å². The fourth-order valence-corrected chi connectivity index (χ4v) is 2.72. The van der Waals surface area contributed by atoms with E-state index in [2.05, 4.69) is 25.5 Å². The number of nitrogens with zero attached hydrogens (tertiary/aromatic N) is 2. The largest absolute Gasteiger partial charge is 0.506 e. The van der Waals surface area contributed by atoms with E-state index >= 15 is 0 Å². The van der Waals surface area contributed by atoms with Crippen molar-refractivity contribution in [3.05, 3.63) is 22.9 Å². The van der Waals surface area contributed by atoms with Crippen LogP contribution in [0.25, 0.3) is 11.0 Å². The van der Waals surface area contributed by atoms with Crippen molar-refractivity contribution in [2.45, 2.75) is 25.3 Å². The summed E-state index contributed by atoms with van der Waals surface area (Å²) in [5.74, 6) is 0.256. The highest BCUT2D eigenvalue weighted by Gasteiger charge is 2.24. The van der Waals surface area contributed by atoms with E-state index < -0.39 is 0 Å². The number of aromatic nitrogens is 2. The number of fused-ring (bicyclic) bond motifs is 1. The van der Waals surface area contributed by atoms with Crippen molar-refractivity contribution in [2.24, 2.45) is 0 Å². The Bertz CT molecular complexity index is 517. The SMILES string of the molecule is Oc1cccc2c1nc(Br)n2C1CCC1. The number of para-hydroxylation sites is 1. The van der Waals surface area contributed by atoms with Gasteiger partial charge in [-0.15, -0.1) is 0 Å². The molecule has 15 heavy (non-hydrogen) atoms. The summed E-state index contributed by atoms with van der Waals surface area (Å²) >= 11 is 3.46. The molecule has 0 aliphatic heterocycles. The summed E-state index contributed by atoms with van der Waals surface area (Å²) in [4.78, 5) is 4.35. The molecule has 0 unspecified atom stereocenters. The smallest absolute Gasteiger partial charge is 0.178 e. The molecule has 1 fully saturated rings. The summed E-state index contributed by atoms with van der Waals surface area (Å²) in [6, 6.07) is 6.09. The molecule has 1 saturated carbocycles. The summed E-state index contributed by atoms with van der Waals surface area (Å²) in [6.07, 6.45) is 3.70. The Morgan fingerprint density at radius 2 is 2.20 bits per heavy atom. The minimum absolute atomic E-state index is 0.256. The maximum Gasteiger partial charge on any atom is 0.178 e. The summed E-state index contributed by atoms with van der Waals surface area (Å²) in [7, 11) is 0. The summed E-state index contributed by atoms with van der Waals surface area (Å²) in [6.45, 7) is 0. The van der Waals surface area contributed by atoms with E-state index in [1.807, 2.05) is 12.1 Å². The zero-order valence-corrected chi connectivity index (χ0v) is 9.74. The van der Waals surface area contributed by atoms with Crippen molar-refractivity contribution in [3.8, 4) is 5.75 Å². The molecule has 4 heteroatoms. The van der Waals surface area contributed by atoms with Gasteiger partial charge in [-0.05, 0) is 47.3 Å². The first-order valence-corrected chi connectivity index (χ1v) is 5.92. The van der Waals surface area contributed by atoms with Gasteiger partial charge in [0.2, 0.25) is 0 Å². The third-order valence-corrected chi connectivity index (χ3v) is 3.66. The van der Waals surface area contributed by atoms with Gasteiger partial charge in [0.1, 0.15) is 11.3 Å². The van der Waals surface area contributed by atoms with Gasteiger partial charge in [0.15, 0.2) is 4.73 Å². The third kappa shape index (κ3) is 1.28. The Kier molecular flexibility index (Phi) is 1.99. The first-order chi connectivity index (χ1) is 7.27. The van der Waals surface area contributed by atoms with Gasteiger partial charge < -0.3 is 9.67 Å². The topological polar surface area (TPSA) is 38.1 Å². The molecule has 1 N–H and O–H groups in total. The van der Waals surface area contributed by atoms with Gasteiger partial charge >= 0.3 is 0 Å². The standard InChI is InChI=1S/C11H11BrN2O/c12-11-13-10-8(5-2-6-9(10)15)14(11)7-3-1-4-7/h2,5-7,15H,1,3-4H2. The third-order valence-electron chi connectivity index (χ3n) is 3.10. The lowest BCUT2D eigenvalue weighted by molar-refractivity contribution is 0.316. The van der Waals surface area contributed by atoms with Gasteiger partial charge in [0.05, 0.1) is 5.52 Å². The van der Waals surface area contributed by atoms with Crippen LogP contribution in [0.3, 0.4) is 0 Å². The average molecular weight is 267 g/mol. The number of hydrogen-bond donors (Lipinski definition) is 1. The van der Waals surface area contributed by atoms with Gasteiger partial charge in [0, 0.05) is 6.04 Å². The van der Waals surface area contributed by atoms with Gasteiger partial charge in [-0.1, -0.05) is 6.07 Å². The predicted molar refractivity (Wildman–Crippen MR) is 62.0 cm³/mol.